The topological polar surface area (TPSA) is 76.9 Å². The van der Waals surface area contributed by atoms with Gasteiger partial charge in [-0.25, -0.2) is 4.98 Å². The number of Topliss-reactive ketones (excluding diaryl/α,β-unsaturated/α-hetero) is 1. The number of ketones is 1. The second kappa shape index (κ2) is 6.47. The van der Waals surface area contributed by atoms with Crippen molar-refractivity contribution < 1.29 is 9.59 Å². The lowest BCUT2D eigenvalue weighted by Crippen LogP contribution is -2.33. The minimum atomic E-state index is -0.630. The van der Waals surface area contributed by atoms with Crippen molar-refractivity contribution in [1.82, 2.24) is 20.1 Å². The van der Waals surface area contributed by atoms with Crippen molar-refractivity contribution in [2.75, 3.05) is 0 Å². The van der Waals surface area contributed by atoms with Crippen molar-refractivity contribution in [3.63, 3.8) is 0 Å². The minimum absolute atomic E-state index is 0.0434. The fourth-order valence-corrected chi connectivity index (χ4v) is 3.42. The Morgan fingerprint density at radius 1 is 1.29 bits per heavy atom. The van der Waals surface area contributed by atoms with E-state index in [1.165, 1.54) is 11.3 Å². The molecule has 0 radical (unpaired) electrons. The quantitative estimate of drug-likeness (QED) is 0.681. The van der Waals surface area contributed by atoms with Gasteiger partial charge >= 0.3 is 0 Å². The number of aromatic nitrogens is 3. The lowest BCUT2D eigenvalue weighted by atomic mass is 9.93. The van der Waals surface area contributed by atoms with Crippen molar-refractivity contribution in [2.45, 2.75) is 53.0 Å². The van der Waals surface area contributed by atoms with E-state index in [1.807, 2.05) is 12.3 Å². The van der Waals surface area contributed by atoms with E-state index in [-0.39, 0.29) is 11.5 Å². The maximum atomic E-state index is 12.4. The molecule has 0 unspecified atom stereocenters. The lowest BCUT2D eigenvalue weighted by molar-refractivity contribution is -0.117. The van der Waals surface area contributed by atoms with E-state index < -0.39 is 11.7 Å². The maximum absolute atomic E-state index is 12.4. The van der Waals surface area contributed by atoms with Gasteiger partial charge in [0.15, 0.2) is 0 Å². The number of carbonyl (C=O) groups is 2. The zero-order valence-corrected chi connectivity index (χ0v) is 16.0. The average molecular weight is 348 g/mol. The number of nitrogens with zero attached hydrogens (tertiary/aromatic N) is 3. The first-order valence-corrected chi connectivity index (χ1v) is 8.71. The number of aryl methyl sites for hydroxylation is 2. The number of hydrogen-bond donors (Lipinski definition) is 1. The third-order valence-corrected chi connectivity index (χ3v) is 4.98. The summed E-state index contributed by atoms with van der Waals surface area (Å²) in [6.07, 6.45) is 0. The third kappa shape index (κ3) is 3.56. The summed E-state index contributed by atoms with van der Waals surface area (Å²) in [4.78, 5) is 29.4. The highest BCUT2D eigenvalue weighted by atomic mass is 32.1. The zero-order chi connectivity index (χ0) is 18.2. The van der Waals surface area contributed by atoms with Crippen LogP contribution in [0.3, 0.4) is 0 Å². The van der Waals surface area contributed by atoms with Crippen LogP contribution >= 0.6 is 11.3 Å². The molecule has 0 aliphatic carbocycles. The first-order chi connectivity index (χ1) is 11.0. The number of nitrogens with one attached hydrogen (secondary N) is 1. The summed E-state index contributed by atoms with van der Waals surface area (Å²) < 4.78 is 1.61. The molecule has 7 heteroatoms. The summed E-state index contributed by atoms with van der Waals surface area (Å²) >= 11 is 1.49. The molecule has 2 aromatic rings. The van der Waals surface area contributed by atoms with Crippen LogP contribution in [0.4, 0.5) is 0 Å². The second-order valence-corrected chi connectivity index (χ2v) is 7.90. The molecule has 1 atom stereocenters. The SMILES string of the molecule is Cc1nn(C)c(C)c1C(=O)C(=O)N[C@@H](C)c1nc(C(C)(C)C)cs1. The number of rotatable bonds is 4. The minimum Gasteiger partial charge on any atom is -0.340 e. The van der Waals surface area contributed by atoms with E-state index in [9.17, 15) is 9.59 Å². The lowest BCUT2D eigenvalue weighted by Gasteiger charge is -2.15. The van der Waals surface area contributed by atoms with E-state index in [4.69, 9.17) is 0 Å². The average Bonchev–Trinajstić information content (AvgIpc) is 3.04. The van der Waals surface area contributed by atoms with E-state index in [1.54, 1.807) is 25.6 Å². The molecule has 1 N–H and O–H groups in total. The van der Waals surface area contributed by atoms with Gasteiger partial charge in [0.05, 0.1) is 23.0 Å². The highest BCUT2D eigenvalue weighted by Crippen LogP contribution is 2.26. The van der Waals surface area contributed by atoms with Crippen LogP contribution in [-0.4, -0.2) is 26.5 Å². The summed E-state index contributed by atoms with van der Waals surface area (Å²) in [6, 6.07) is -0.320. The largest absolute Gasteiger partial charge is 0.340 e. The van der Waals surface area contributed by atoms with Gasteiger partial charge < -0.3 is 5.32 Å². The molecule has 0 fully saturated rings. The molecule has 24 heavy (non-hydrogen) atoms. The van der Waals surface area contributed by atoms with Crippen LogP contribution in [0.25, 0.3) is 0 Å². The zero-order valence-electron chi connectivity index (χ0n) is 15.2. The third-order valence-electron chi connectivity index (χ3n) is 3.95. The predicted octanol–water partition coefficient (Wildman–Crippen LogP) is 2.85. The Morgan fingerprint density at radius 3 is 2.38 bits per heavy atom. The van der Waals surface area contributed by atoms with E-state index in [0.717, 1.165) is 10.7 Å². The molecule has 0 bridgehead atoms. The van der Waals surface area contributed by atoms with Crippen LogP contribution in [0.1, 0.15) is 66.2 Å². The van der Waals surface area contributed by atoms with E-state index >= 15 is 0 Å². The van der Waals surface area contributed by atoms with E-state index in [2.05, 4.69) is 36.2 Å². The molecule has 0 saturated carbocycles. The number of carbonyl (C=O) groups excluding carboxylic acids is 2. The van der Waals surface area contributed by atoms with Gasteiger partial charge in [0.2, 0.25) is 0 Å². The van der Waals surface area contributed by atoms with Crippen molar-refractivity contribution in [3.05, 3.63) is 33.0 Å². The molecular formula is C17H24N4O2S. The maximum Gasteiger partial charge on any atom is 0.293 e. The molecular weight excluding hydrogens is 324 g/mol. The van der Waals surface area contributed by atoms with Gasteiger partial charge in [-0.05, 0) is 20.8 Å². The summed E-state index contributed by atoms with van der Waals surface area (Å²) in [5.41, 5.74) is 2.56. The van der Waals surface area contributed by atoms with Gasteiger partial charge in [0.25, 0.3) is 11.7 Å². The van der Waals surface area contributed by atoms with Crippen molar-refractivity contribution in [3.8, 4) is 0 Å². The van der Waals surface area contributed by atoms with Crippen molar-refractivity contribution in [2.24, 2.45) is 7.05 Å². The fraction of sp³-hybridized carbons (Fsp3) is 0.529. The Kier molecular flexibility index (Phi) is 4.94. The normalized spacial score (nSPS) is 13.0. The highest BCUT2D eigenvalue weighted by molar-refractivity contribution is 7.09. The standard InChI is InChI=1S/C17H24N4O2S/c1-9-13(11(3)21(7)20-9)14(22)15(23)18-10(2)16-19-12(8-24-16)17(4,5)6/h8,10H,1-7H3,(H,18,23)/t10-/m0/s1. The van der Waals surface area contributed by atoms with Gasteiger partial charge in [-0.2, -0.15) is 5.10 Å². The van der Waals surface area contributed by atoms with Gasteiger partial charge in [-0.15, -0.1) is 11.3 Å². The number of hydrogen-bond acceptors (Lipinski definition) is 5. The van der Waals surface area contributed by atoms with Crippen LogP contribution < -0.4 is 5.32 Å². The molecule has 2 aromatic heterocycles. The Bertz CT molecular complexity index is 783. The van der Waals surface area contributed by atoms with Crippen LogP contribution in [0, 0.1) is 13.8 Å². The molecule has 1 amide bonds. The van der Waals surface area contributed by atoms with Crippen LogP contribution in [0.5, 0.6) is 0 Å². The van der Waals surface area contributed by atoms with Crippen LogP contribution in [0.15, 0.2) is 5.38 Å². The molecule has 130 valence electrons. The smallest absolute Gasteiger partial charge is 0.293 e. The van der Waals surface area contributed by atoms with Gasteiger partial charge in [-0.3, -0.25) is 14.3 Å². The van der Waals surface area contributed by atoms with E-state index in [0.29, 0.717) is 17.0 Å². The fourth-order valence-electron chi connectivity index (χ4n) is 2.37. The Labute approximate surface area is 146 Å². The molecule has 2 heterocycles. The summed E-state index contributed by atoms with van der Waals surface area (Å²) in [5, 5.41) is 9.72. The highest BCUT2D eigenvalue weighted by Gasteiger charge is 2.26. The first-order valence-electron chi connectivity index (χ1n) is 7.83. The molecule has 0 spiro atoms. The van der Waals surface area contributed by atoms with Gasteiger partial charge in [-0.1, -0.05) is 20.8 Å². The number of thiazole rings is 1. The monoisotopic (exact) mass is 348 g/mol. The molecule has 2 rings (SSSR count). The number of amides is 1. The molecule has 0 saturated heterocycles. The van der Waals surface area contributed by atoms with Crippen LogP contribution in [0.2, 0.25) is 0 Å². The predicted molar refractivity (Wildman–Crippen MR) is 94.4 cm³/mol. The Balaban J connectivity index is 2.14. The second-order valence-electron chi connectivity index (χ2n) is 7.01. The Hall–Kier alpha value is -2.02. The van der Waals surface area contributed by atoms with Gasteiger partial charge in [0.1, 0.15) is 5.01 Å². The molecule has 0 aliphatic rings. The molecule has 0 aliphatic heterocycles. The van der Waals surface area contributed by atoms with Crippen molar-refractivity contribution >= 4 is 23.0 Å². The first kappa shape index (κ1) is 18.3. The summed E-state index contributed by atoms with van der Waals surface area (Å²) in [6.45, 7) is 11.6. The van der Waals surface area contributed by atoms with Gasteiger partial charge in [0, 0.05) is 23.5 Å². The summed E-state index contributed by atoms with van der Waals surface area (Å²) in [5.74, 6) is -1.19. The summed E-state index contributed by atoms with van der Waals surface area (Å²) in [7, 11) is 1.75. The molecule has 6 nitrogen and oxygen atoms in total. The van der Waals surface area contributed by atoms with Crippen LogP contribution in [-0.2, 0) is 17.3 Å². The molecule has 0 aromatic carbocycles. The Morgan fingerprint density at radius 2 is 1.92 bits per heavy atom. The van der Waals surface area contributed by atoms with Crippen molar-refractivity contribution in [1.29, 1.82) is 0 Å².